The molecule has 0 spiro atoms. The summed E-state index contributed by atoms with van der Waals surface area (Å²) in [4.78, 5) is 6.98. The van der Waals surface area contributed by atoms with Gasteiger partial charge in [0.25, 0.3) is 0 Å². The highest BCUT2D eigenvalue weighted by molar-refractivity contribution is 5.79. The number of hydrogen-bond donors (Lipinski definition) is 1. The van der Waals surface area contributed by atoms with E-state index in [9.17, 15) is 0 Å². The van der Waals surface area contributed by atoms with E-state index in [4.69, 9.17) is 19.2 Å². The van der Waals surface area contributed by atoms with Gasteiger partial charge in [0.15, 0.2) is 17.5 Å². The molecule has 1 rings (SSSR count). The van der Waals surface area contributed by atoms with Crippen LogP contribution in [0.15, 0.2) is 29.8 Å². The average Bonchev–Trinajstić information content (AvgIpc) is 2.72. The molecule has 1 aromatic carbocycles. The first-order chi connectivity index (χ1) is 13.6. The molecule has 0 saturated heterocycles. The van der Waals surface area contributed by atoms with Gasteiger partial charge in [0.2, 0.25) is 5.75 Å². The lowest BCUT2D eigenvalue weighted by atomic mass is 10.1. The lowest BCUT2D eigenvalue weighted by molar-refractivity contribution is 0.322. The van der Waals surface area contributed by atoms with Gasteiger partial charge in [0.1, 0.15) is 0 Å². The Kier molecular flexibility index (Phi) is 11.6. The maximum absolute atomic E-state index is 5.56. The zero-order valence-electron chi connectivity index (χ0n) is 18.2. The maximum Gasteiger partial charge on any atom is 0.203 e. The lowest BCUT2D eigenvalue weighted by Crippen LogP contribution is -2.39. The molecule has 0 aliphatic carbocycles. The molecule has 0 amide bonds. The van der Waals surface area contributed by atoms with Gasteiger partial charge in [-0.25, -0.2) is 0 Å². The van der Waals surface area contributed by atoms with E-state index in [2.05, 4.69) is 30.8 Å². The molecule has 1 aromatic rings. The van der Waals surface area contributed by atoms with Crippen LogP contribution in [0.5, 0.6) is 17.2 Å². The fourth-order valence-electron chi connectivity index (χ4n) is 3.03. The van der Waals surface area contributed by atoms with Crippen LogP contribution in [0.1, 0.15) is 38.2 Å². The zero-order chi connectivity index (χ0) is 20.8. The molecule has 0 bridgehead atoms. The summed E-state index contributed by atoms with van der Waals surface area (Å²) >= 11 is 0. The van der Waals surface area contributed by atoms with Crippen LogP contribution in [-0.4, -0.2) is 58.9 Å². The number of methoxy groups -OCH3 is 3. The van der Waals surface area contributed by atoms with Crippen LogP contribution in [0.2, 0.25) is 0 Å². The largest absolute Gasteiger partial charge is 0.493 e. The predicted octanol–water partition coefficient (Wildman–Crippen LogP) is 3.90. The number of guanidine groups is 1. The summed E-state index contributed by atoms with van der Waals surface area (Å²) in [6.45, 7) is 8.36. The Morgan fingerprint density at radius 2 is 1.86 bits per heavy atom. The molecule has 0 aliphatic rings. The van der Waals surface area contributed by atoms with Gasteiger partial charge >= 0.3 is 0 Å². The standard InChI is InChI=1S/C22H37N3O3/c1-7-9-10-11-12-17-25(3)22(23-8-2)24-16-15-18-13-14-19(26-4)21(28-6)20(18)27-5/h7,13-14H,1,8-12,15-17H2,2-6H3,(H,23,24). The zero-order valence-corrected chi connectivity index (χ0v) is 18.2. The number of benzene rings is 1. The van der Waals surface area contributed by atoms with Crippen LogP contribution < -0.4 is 19.5 Å². The van der Waals surface area contributed by atoms with E-state index in [0.717, 1.165) is 43.9 Å². The number of rotatable bonds is 13. The summed E-state index contributed by atoms with van der Waals surface area (Å²) in [5.74, 6) is 2.93. The summed E-state index contributed by atoms with van der Waals surface area (Å²) < 4.78 is 16.4. The molecule has 0 aliphatic heterocycles. The summed E-state index contributed by atoms with van der Waals surface area (Å²) in [7, 11) is 6.98. The molecule has 28 heavy (non-hydrogen) atoms. The van der Waals surface area contributed by atoms with Crippen LogP contribution in [0.25, 0.3) is 0 Å². The second kappa shape index (κ2) is 13.7. The van der Waals surface area contributed by atoms with E-state index in [1.54, 1.807) is 21.3 Å². The first-order valence-corrected chi connectivity index (χ1v) is 10.0. The third-order valence-electron chi connectivity index (χ3n) is 4.53. The van der Waals surface area contributed by atoms with Crippen molar-refractivity contribution in [1.82, 2.24) is 10.2 Å². The van der Waals surface area contributed by atoms with Gasteiger partial charge in [-0.15, -0.1) is 6.58 Å². The van der Waals surface area contributed by atoms with Crippen molar-refractivity contribution in [3.8, 4) is 17.2 Å². The van der Waals surface area contributed by atoms with Crippen molar-refractivity contribution in [3.63, 3.8) is 0 Å². The summed E-state index contributed by atoms with van der Waals surface area (Å²) in [5, 5.41) is 3.37. The Morgan fingerprint density at radius 1 is 1.11 bits per heavy atom. The minimum atomic E-state index is 0.620. The van der Waals surface area contributed by atoms with Gasteiger partial charge in [-0.05, 0) is 38.7 Å². The monoisotopic (exact) mass is 391 g/mol. The number of nitrogens with zero attached hydrogens (tertiary/aromatic N) is 2. The highest BCUT2D eigenvalue weighted by Crippen LogP contribution is 2.39. The number of unbranched alkanes of at least 4 members (excludes halogenated alkanes) is 3. The molecule has 6 nitrogen and oxygen atoms in total. The molecule has 0 atom stereocenters. The van der Waals surface area contributed by atoms with Gasteiger partial charge in [-0.1, -0.05) is 18.6 Å². The second-order valence-corrected chi connectivity index (χ2v) is 6.54. The minimum absolute atomic E-state index is 0.620. The van der Waals surface area contributed by atoms with E-state index >= 15 is 0 Å². The van der Waals surface area contributed by atoms with Gasteiger partial charge in [-0.3, -0.25) is 4.99 Å². The van der Waals surface area contributed by atoms with Crippen LogP contribution >= 0.6 is 0 Å². The second-order valence-electron chi connectivity index (χ2n) is 6.54. The Labute approximate surface area is 170 Å². The molecule has 6 heteroatoms. The molecule has 0 aromatic heterocycles. The predicted molar refractivity (Wildman–Crippen MR) is 117 cm³/mol. The fraction of sp³-hybridized carbons (Fsp3) is 0.591. The molecular formula is C22H37N3O3. The third-order valence-corrected chi connectivity index (χ3v) is 4.53. The van der Waals surface area contributed by atoms with Gasteiger partial charge in [-0.2, -0.15) is 0 Å². The van der Waals surface area contributed by atoms with Crippen molar-refractivity contribution >= 4 is 5.96 Å². The topological polar surface area (TPSA) is 55.3 Å². The average molecular weight is 392 g/mol. The number of aliphatic imine (C=N–C) groups is 1. The fourth-order valence-corrected chi connectivity index (χ4v) is 3.03. The molecule has 0 saturated carbocycles. The van der Waals surface area contributed by atoms with Gasteiger partial charge < -0.3 is 24.4 Å². The molecule has 0 heterocycles. The van der Waals surface area contributed by atoms with Gasteiger partial charge in [0, 0.05) is 32.2 Å². The van der Waals surface area contributed by atoms with Gasteiger partial charge in [0.05, 0.1) is 21.3 Å². The van der Waals surface area contributed by atoms with Crippen molar-refractivity contribution in [2.45, 2.75) is 39.0 Å². The molecule has 1 N–H and O–H groups in total. The minimum Gasteiger partial charge on any atom is -0.493 e. The molecule has 0 radical (unpaired) electrons. The van der Waals surface area contributed by atoms with Crippen LogP contribution in [-0.2, 0) is 6.42 Å². The summed E-state index contributed by atoms with van der Waals surface area (Å²) in [5.41, 5.74) is 1.05. The normalized spacial score (nSPS) is 11.1. The molecular weight excluding hydrogens is 354 g/mol. The van der Waals surface area contributed by atoms with E-state index in [1.807, 2.05) is 18.2 Å². The van der Waals surface area contributed by atoms with Crippen LogP contribution in [0, 0.1) is 0 Å². The van der Waals surface area contributed by atoms with E-state index in [1.165, 1.54) is 12.8 Å². The number of ether oxygens (including phenoxy) is 3. The summed E-state index contributed by atoms with van der Waals surface area (Å²) in [6.07, 6.45) is 7.38. The van der Waals surface area contributed by atoms with E-state index in [0.29, 0.717) is 23.8 Å². The van der Waals surface area contributed by atoms with E-state index < -0.39 is 0 Å². The highest BCUT2D eigenvalue weighted by atomic mass is 16.5. The Balaban J connectivity index is 2.74. The Hall–Kier alpha value is -2.37. The first kappa shape index (κ1) is 23.7. The van der Waals surface area contributed by atoms with Crippen molar-refractivity contribution in [2.75, 3.05) is 48.0 Å². The Morgan fingerprint density at radius 3 is 2.46 bits per heavy atom. The molecule has 0 fully saturated rings. The maximum atomic E-state index is 5.56. The van der Waals surface area contributed by atoms with Crippen molar-refractivity contribution in [2.24, 2.45) is 4.99 Å². The quantitative estimate of drug-likeness (QED) is 0.239. The van der Waals surface area contributed by atoms with Crippen molar-refractivity contribution < 1.29 is 14.2 Å². The smallest absolute Gasteiger partial charge is 0.203 e. The van der Waals surface area contributed by atoms with Crippen molar-refractivity contribution in [3.05, 3.63) is 30.4 Å². The van der Waals surface area contributed by atoms with E-state index in [-0.39, 0.29) is 0 Å². The number of hydrogen-bond acceptors (Lipinski definition) is 4. The lowest BCUT2D eigenvalue weighted by Gasteiger charge is -2.22. The Bertz CT molecular complexity index is 617. The first-order valence-electron chi connectivity index (χ1n) is 10.0. The SMILES string of the molecule is C=CCCCCCN(C)C(=NCCc1ccc(OC)c(OC)c1OC)NCC. The third kappa shape index (κ3) is 7.33. The molecule has 158 valence electrons. The number of allylic oxidation sites excluding steroid dienone is 1. The summed E-state index contributed by atoms with van der Waals surface area (Å²) in [6, 6.07) is 3.91. The van der Waals surface area contributed by atoms with Crippen LogP contribution in [0.4, 0.5) is 0 Å². The molecule has 0 unspecified atom stereocenters. The van der Waals surface area contributed by atoms with Crippen LogP contribution in [0.3, 0.4) is 0 Å². The van der Waals surface area contributed by atoms with Crippen molar-refractivity contribution in [1.29, 1.82) is 0 Å². The highest BCUT2D eigenvalue weighted by Gasteiger charge is 2.15. The number of nitrogens with one attached hydrogen (secondary N) is 1.